The van der Waals surface area contributed by atoms with E-state index in [1.807, 2.05) is 0 Å². The van der Waals surface area contributed by atoms with E-state index in [1.54, 1.807) is 0 Å². The normalized spacial score (nSPS) is 22.2. The summed E-state index contributed by atoms with van der Waals surface area (Å²) in [5.74, 6) is 0. The summed E-state index contributed by atoms with van der Waals surface area (Å²) in [7, 11) is 0. The molecule has 0 radical (unpaired) electrons. The molecule has 0 spiro atoms. The first-order valence-electron chi connectivity index (χ1n) is 7.72. The van der Waals surface area contributed by atoms with Crippen LogP contribution in [0.25, 0.3) is 0 Å². The van der Waals surface area contributed by atoms with Gasteiger partial charge in [-0.2, -0.15) is 0 Å². The second kappa shape index (κ2) is 5.28. The van der Waals surface area contributed by atoms with Crippen LogP contribution < -0.4 is 5.32 Å². The second-order valence-electron chi connectivity index (χ2n) is 7.15. The lowest BCUT2D eigenvalue weighted by Gasteiger charge is -2.20. The smallest absolute Gasteiger partial charge is 0.0323 e. The fraction of sp³-hybridized carbons (Fsp3) is 0.667. The predicted octanol–water partition coefficient (Wildman–Crippen LogP) is 4.94. The predicted molar refractivity (Wildman–Crippen MR) is 83.2 cm³/mol. The van der Waals surface area contributed by atoms with Gasteiger partial charge in [0.2, 0.25) is 0 Å². The van der Waals surface area contributed by atoms with Gasteiger partial charge in [-0.3, -0.25) is 0 Å². The van der Waals surface area contributed by atoms with Crippen molar-refractivity contribution in [3.63, 3.8) is 0 Å². The third-order valence-electron chi connectivity index (χ3n) is 5.44. The molecule has 1 N–H and O–H groups in total. The summed E-state index contributed by atoms with van der Waals surface area (Å²) in [5.41, 5.74) is 2.26. The van der Waals surface area contributed by atoms with Crippen LogP contribution in [-0.2, 0) is 0 Å². The van der Waals surface area contributed by atoms with Crippen molar-refractivity contribution in [3.8, 4) is 0 Å². The van der Waals surface area contributed by atoms with Crippen LogP contribution >= 0.6 is 0 Å². The lowest BCUT2D eigenvalue weighted by molar-refractivity contribution is 0.437. The highest BCUT2D eigenvalue weighted by molar-refractivity contribution is 5.23. The maximum atomic E-state index is 3.92. The number of hydrogen-bond acceptors (Lipinski definition) is 1. The lowest BCUT2D eigenvalue weighted by atomic mass is 10.0. The highest BCUT2D eigenvalue weighted by atomic mass is 15.1. The summed E-state index contributed by atoms with van der Waals surface area (Å²) in [4.78, 5) is 0. The van der Waals surface area contributed by atoms with Crippen LogP contribution in [0, 0.1) is 10.8 Å². The highest BCUT2D eigenvalue weighted by Gasteiger charge is 2.64. The zero-order valence-electron chi connectivity index (χ0n) is 13.2. The van der Waals surface area contributed by atoms with Crippen molar-refractivity contribution >= 4 is 0 Å². The molecule has 1 saturated carbocycles. The van der Waals surface area contributed by atoms with Gasteiger partial charge in [0, 0.05) is 12.1 Å². The molecule has 0 saturated heterocycles. The summed E-state index contributed by atoms with van der Waals surface area (Å²) in [6.45, 7) is 11.8. The van der Waals surface area contributed by atoms with Crippen LogP contribution in [0.3, 0.4) is 0 Å². The molecule has 1 aliphatic carbocycles. The van der Waals surface area contributed by atoms with Crippen LogP contribution in [0.15, 0.2) is 30.3 Å². The Morgan fingerprint density at radius 2 is 1.63 bits per heavy atom. The molecule has 19 heavy (non-hydrogen) atoms. The molecule has 1 aliphatic rings. The summed E-state index contributed by atoms with van der Waals surface area (Å²) >= 11 is 0. The molecule has 0 amide bonds. The van der Waals surface area contributed by atoms with Crippen molar-refractivity contribution in [2.75, 3.05) is 0 Å². The molecular weight excluding hydrogens is 230 g/mol. The Kier molecular flexibility index (Phi) is 4.06. The SMILES string of the molecule is CCCCC(NC1C(C)(C)C1(C)C)c1ccccc1. The monoisotopic (exact) mass is 259 g/mol. The van der Waals surface area contributed by atoms with Crippen molar-refractivity contribution < 1.29 is 0 Å². The van der Waals surface area contributed by atoms with E-state index in [9.17, 15) is 0 Å². The van der Waals surface area contributed by atoms with Crippen molar-refractivity contribution in [1.82, 2.24) is 5.32 Å². The highest BCUT2D eigenvalue weighted by Crippen LogP contribution is 2.63. The molecule has 1 nitrogen and oxygen atoms in total. The van der Waals surface area contributed by atoms with Gasteiger partial charge in [-0.15, -0.1) is 0 Å². The lowest BCUT2D eigenvalue weighted by Crippen LogP contribution is -2.27. The van der Waals surface area contributed by atoms with Gasteiger partial charge >= 0.3 is 0 Å². The maximum Gasteiger partial charge on any atom is 0.0323 e. The fourth-order valence-electron chi connectivity index (χ4n) is 3.25. The third-order valence-corrected chi connectivity index (χ3v) is 5.44. The molecule has 0 heterocycles. The Labute approximate surface area is 118 Å². The first kappa shape index (κ1) is 14.6. The molecule has 0 bridgehead atoms. The first-order valence-corrected chi connectivity index (χ1v) is 7.72. The fourth-order valence-corrected chi connectivity index (χ4v) is 3.25. The van der Waals surface area contributed by atoms with Crippen molar-refractivity contribution in [1.29, 1.82) is 0 Å². The third kappa shape index (κ3) is 2.72. The van der Waals surface area contributed by atoms with Crippen LogP contribution in [0.4, 0.5) is 0 Å². The van der Waals surface area contributed by atoms with Crippen molar-refractivity contribution in [3.05, 3.63) is 35.9 Å². The Morgan fingerprint density at radius 1 is 1.05 bits per heavy atom. The van der Waals surface area contributed by atoms with Gasteiger partial charge in [0.1, 0.15) is 0 Å². The quantitative estimate of drug-likeness (QED) is 0.763. The van der Waals surface area contributed by atoms with E-state index in [-0.39, 0.29) is 0 Å². The number of unbranched alkanes of at least 4 members (excludes halogenated alkanes) is 1. The van der Waals surface area contributed by atoms with E-state index in [1.165, 1.54) is 24.8 Å². The largest absolute Gasteiger partial charge is 0.306 e. The van der Waals surface area contributed by atoms with Gasteiger partial charge < -0.3 is 5.32 Å². The minimum absolute atomic E-state index is 0.409. The van der Waals surface area contributed by atoms with Gasteiger partial charge in [-0.05, 0) is 22.8 Å². The zero-order valence-corrected chi connectivity index (χ0v) is 13.2. The van der Waals surface area contributed by atoms with E-state index in [2.05, 4.69) is 70.3 Å². The minimum atomic E-state index is 0.409. The number of benzene rings is 1. The Balaban J connectivity index is 2.08. The summed E-state index contributed by atoms with van der Waals surface area (Å²) in [5, 5.41) is 3.92. The number of rotatable bonds is 6. The van der Waals surface area contributed by atoms with Crippen LogP contribution in [-0.4, -0.2) is 6.04 Å². The zero-order chi connectivity index (χ0) is 14.1. The van der Waals surface area contributed by atoms with E-state index in [0.29, 0.717) is 22.9 Å². The van der Waals surface area contributed by atoms with Gasteiger partial charge in [0.05, 0.1) is 0 Å². The van der Waals surface area contributed by atoms with E-state index in [0.717, 1.165) is 0 Å². The maximum absolute atomic E-state index is 3.92. The van der Waals surface area contributed by atoms with Crippen LogP contribution in [0.5, 0.6) is 0 Å². The number of hydrogen-bond donors (Lipinski definition) is 1. The molecule has 1 fully saturated rings. The molecule has 106 valence electrons. The molecule has 0 aliphatic heterocycles. The Bertz CT molecular complexity index is 391. The van der Waals surface area contributed by atoms with Gasteiger partial charge in [0.25, 0.3) is 0 Å². The van der Waals surface area contributed by atoms with Crippen LogP contribution in [0.1, 0.15) is 65.5 Å². The minimum Gasteiger partial charge on any atom is -0.306 e. The molecule has 1 aromatic rings. The van der Waals surface area contributed by atoms with E-state index in [4.69, 9.17) is 0 Å². The van der Waals surface area contributed by atoms with Crippen molar-refractivity contribution in [2.24, 2.45) is 10.8 Å². The molecular formula is C18H29N. The average molecular weight is 259 g/mol. The average Bonchev–Trinajstić information content (AvgIpc) is 2.77. The topological polar surface area (TPSA) is 12.0 Å². The summed E-state index contributed by atoms with van der Waals surface area (Å²) in [6.07, 6.45) is 3.80. The molecule has 0 aromatic heterocycles. The molecule has 1 atom stereocenters. The number of nitrogens with one attached hydrogen (secondary N) is 1. The van der Waals surface area contributed by atoms with Crippen LogP contribution in [0.2, 0.25) is 0 Å². The summed E-state index contributed by atoms with van der Waals surface area (Å²) < 4.78 is 0. The van der Waals surface area contributed by atoms with Gasteiger partial charge in [-0.25, -0.2) is 0 Å². The second-order valence-corrected chi connectivity index (χ2v) is 7.15. The molecule has 2 rings (SSSR count). The van der Waals surface area contributed by atoms with Gasteiger partial charge in [-0.1, -0.05) is 77.8 Å². The standard InChI is InChI=1S/C18H29N/c1-6-7-13-15(14-11-9-8-10-12-14)19-16-17(2,3)18(16,4)5/h8-12,15-16,19H,6-7,13H2,1-5H3. The first-order chi connectivity index (χ1) is 8.91. The Morgan fingerprint density at radius 3 is 2.11 bits per heavy atom. The molecule has 1 unspecified atom stereocenters. The van der Waals surface area contributed by atoms with Crippen molar-refractivity contribution in [2.45, 2.75) is 66.0 Å². The molecule has 1 aromatic carbocycles. The molecule has 1 heteroatoms. The Hall–Kier alpha value is -0.820. The summed E-state index contributed by atoms with van der Waals surface area (Å²) in [6, 6.07) is 12.1. The van der Waals surface area contributed by atoms with E-state index >= 15 is 0 Å². The van der Waals surface area contributed by atoms with Gasteiger partial charge in [0.15, 0.2) is 0 Å². The van der Waals surface area contributed by atoms with E-state index < -0.39 is 0 Å².